The number of nitrogens with zero attached hydrogens (tertiary/aromatic N) is 2. The summed E-state index contributed by atoms with van der Waals surface area (Å²) >= 11 is 1.29. The van der Waals surface area contributed by atoms with Crippen LogP contribution in [-0.4, -0.2) is 28.6 Å². The lowest BCUT2D eigenvalue weighted by Crippen LogP contribution is -2.28. The van der Waals surface area contributed by atoms with Crippen molar-refractivity contribution >= 4 is 27.5 Å². The Kier molecular flexibility index (Phi) is 4.46. The van der Waals surface area contributed by atoms with E-state index < -0.39 is 0 Å². The molecule has 1 aromatic carbocycles. The predicted molar refractivity (Wildman–Crippen MR) is 101 cm³/mol. The van der Waals surface area contributed by atoms with Crippen LogP contribution in [0.2, 0.25) is 0 Å². The van der Waals surface area contributed by atoms with E-state index in [0.29, 0.717) is 40.4 Å². The minimum absolute atomic E-state index is 0.0253. The molecule has 0 saturated heterocycles. The Bertz CT molecular complexity index is 1020. The van der Waals surface area contributed by atoms with E-state index in [1.54, 1.807) is 4.57 Å². The maximum absolute atomic E-state index is 12.7. The van der Waals surface area contributed by atoms with Gasteiger partial charge in [-0.25, -0.2) is 4.98 Å². The maximum atomic E-state index is 12.7. The summed E-state index contributed by atoms with van der Waals surface area (Å²) in [5.74, 6) is 1.41. The number of carbonyl (C=O) groups is 1. The number of carbonyl (C=O) groups excluding carboxylic acids is 1. The zero-order valence-electron chi connectivity index (χ0n) is 14.4. The Labute approximate surface area is 154 Å². The molecule has 0 radical (unpaired) electrons. The summed E-state index contributed by atoms with van der Waals surface area (Å²) in [5, 5.41) is 3.43. The van der Waals surface area contributed by atoms with Gasteiger partial charge in [0.2, 0.25) is 0 Å². The van der Waals surface area contributed by atoms with Crippen molar-refractivity contribution in [2.45, 2.75) is 26.3 Å². The molecule has 134 valence electrons. The van der Waals surface area contributed by atoms with Gasteiger partial charge in [-0.2, -0.15) is 0 Å². The van der Waals surface area contributed by atoms with Crippen molar-refractivity contribution in [1.82, 2.24) is 14.9 Å². The van der Waals surface area contributed by atoms with Gasteiger partial charge in [-0.3, -0.25) is 14.2 Å². The molecule has 0 atom stereocenters. The van der Waals surface area contributed by atoms with Gasteiger partial charge in [0.1, 0.15) is 23.0 Å². The number of ether oxygens (including phenoxy) is 1. The van der Waals surface area contributed by atoms with E-state index in [1.807, 2.05) is 37.3 Å². The summed E-state index contributed by atoms with van der Waals surface area (Å²) in [5.41, 5.74) is 0.689. The Balaban J connectivity index is 1.48. The van der Waals surface area contributed by atoms with Crippen LogP contribution in [0.25, 0.3) is 10.2 Å². The highest BCUT2D eigenvalue weighted by molar-refractivity contribution is 7.20. The molecule has 1 N–H and O–H groups in total. The molecular formula is C19H19N3O3S. The van der Waals surface area contributed by atoms with Crippen LogP contribution < -0.4 is 15.6 Å². The van der Waals surface area contributed by atoms with Gasteiger partial charge in [-0.15, -0.1) is 11.3 Å². The highest BCUT2D eigenvalue weighted by atomic mass is 32.1. The van der Waals surface area contributed by atoms with Gasteiger partial charge in [-0.1, -0.05) is 18.2 Å². The van der Waals surface area contributed by atoms with Crippen LogP contribution in [0.4, 0.5) is 0 Å². The predicted octanol–water partition coefficient (Wildman–Crippen LogP) is 2.52. The normalized spacial score (nSPS) is 13.0. The zero-order chi connectivity index (χ0) is 18.1. The van der Waals surface area contributed by atoms with Gasteiger partial charge in [0, 0.05) is 13.0 Å². The molecule has 4 rings (SSSR count). The molecule has 7 heteroatoms. The average Bonchev–Trinajstić information content (AvgIpc) is 3.25. The smallest absolute Gasteiger partial charge is 0.262 e. The third-order valence-electron chi connectivity index (χ3n) is 4.52. The van der Waals surface area contributed by atoms with Crippen LogP contribution in [0, 0.1) is 6.92 Å². The molecule has 0 aliphatic carbocycles. The topological polar surface area (TPSA) is 73.2 Å². The number of rotatable bonds is 5. The van der Waals surface area contributed by atoms with E-state index in [-0.39, 0.29) is 11.5 Å². The molecular weight excluding hydrogens is 350 g/mol. The lowest BCUT2D eigenvalue weighted by molar-refractivity contribution is 0.0950. The summed E-state index contributed by atoms with van der Waals surface area (Å²) in [6.45, 7) is 3.31. The Hall–Kier alpha value is -2.67. The second-order valence-corrected chi connectivity index (χ2v) is 7.24. The standard InChI is InChI=1S/C19H19N3O3S/c1-12-15-18(21-14-8-5-10-22(14)19(15)24)26-16(12)17(23)20-9-11-25-13-6-3-2-4-7-13/h2-4,6-7H,5,8-11H2,1H3,(H,20,23). The number of benzene rings is 1. The molecule has 0 fully saturated rings. The van der Waals surface area contributed by atoms with E-state index >= 15 is 0 Å². The lowest BCUT2D eigenvalue weighted by atomic mass is 10.2. The highest BCUT2D eigenvalue weighted by Crippen LogP contribution is 2.28. The number of hydrogen-bond donors (Lipinski definition) is 1. The number of para-hydroxylation sites is 1. The molecule has 2 aromatic heterocycles. The summed E-state index contributed by atoms with van der Waals surface area (Å²) in [6.07, 6.45) is 1.77. The quantitative estimate of drug-likeness (QED) is 0.702. The number of aryl methyl sites for hydroxylation is 2. The average molecular weight is 369 g/mol. The Morgan fingerprint density at radius 1 is 1.35 bits per heavy atom. The fourth-order valence-electron chi connectivity index (χ4n) is 3.22. The third-order valence-corrected chi connectivity index (χ3v) is 5.70. The van der Waals surface area contributed by atoms with Gasteiger partial charge in [0.05, 0.1) is 16.8 Å². The van der Waals surface area contributed by atoms with Crippen molar-refractivity contribution in [3.05, 3.63) is 57.0 Å². The third kappa shape index (κ3) is 2.99. The van der Waals surface area contributed by atoms with Crippen LogP contribution in [0.3, 0.4) is 0 Å². The summed E-state index contributed by atoms with van der Waals surface area (Å²) in [4.78, 5) is 31.0. The minimum Gasteiger partial charge on any atom is -0.492 e. The number of thiophene rings is 1. The fourth-order valence-corrected chi connectivity index (χ4v) is 4.33. The monoisotopic (exact) mass is 369 g/mol. The van der Waals surface area contributed by atoms with Crippen molar-refractivity contribution in [2.24, 2.45) is 0 Å². The van der Waals surface area contributed by atoms with Crippen molar-refractivity contribution in [2.75, 3.05) is 13.2 Å². The van der Waals surface area contributed by atoms with Gasteiger partial charge in [0.15, 0.2) is 0 Å². The SMILES string of the molecule is Cc1c(C(=O)NCCOc2ccccc2)sc2nc3n(c(=O)c12)CCC3. The van der Waals surface area contributed by atoms with Crippen LogP contribution in [0.15, 0.2) is 35.1 Å². The van der Waals surface area contributed by atoms with E-state index in [9.17, 15) is 9.59 Å². The van der Waals surface area contributed by atoms with Crippen molar-refractivity contribution in [3.63, 3.8) is 0 Å². The molecule has 0 spiro atoms. The zero-order valence-corrected chi connectivity index (χ0v) is 15.3. The summed E-state index contributed by atoms with van der Waals surface area (Å²) in [7, 11) is 0. The molecule has 1 aliphatic heterocycles. The second-order valence-electron chi connectivity index (χ2n) is 6.24. The number of nitrogens with one attached hydrogen (secondary N) is 1. The molecule has 0 bridgehead atoms. The molecule has 3 heterocycles. The molecule has 0 unspecified atom stereocenters. The Morgan fingerprint density at radius 3 is 2.96 bits per heavy atom. The Morgan fingerprint density at radius 2 is 2.15 bits per heavy atom. The number of amides is 1. The highest BCUT2D eigenvalue weighted by Gasteiger charge is 2.23. The molecule has 0 saturated carbocycles. The molecule has 6 nitrogen and oxygen atoms in total. The van der Waals surface area contributed by atoms with Gasteiger partial charge >= 0.3 is 0 Å². The van der Waals surface area contributed by atoms with Crippen LogP contribution in [0.5, 0.6) is 5.75 Å². The van der Waals surface area contributed by atoms with E-state index in [4.69, 9.17) is 4.74 Å². The van der Waals surface area contributed by atoms with Crippen molar-refractivity contribution in [3.8, 4) is 5.75 Å². The largest absolute Gasteiger partial charge is 0.492 e. The first-order valence-electron chi connectivity index (χ1n) is 8.64. The van der Waals surface area contributed by atoms with Gasteiger partial charge in [0.25, 0.3) is 11.5 Å². The number of fused-ring (bicyclic) bond motifs is 2. The first-order chi connectivity index (χ1) is 12.6. The van der Waals surface area contributed by atoms with Crippen molar-refractivity contribution in [1.29, 1.82) is 0 Å². The molecule has 26 heavy (non-hydrogen) atoms. The summed E-state index contributed by atoms with van der Waals surface area (Å²) < 4.78 is 7.31. The number of hydrogen-bond acceptors (Lipinski definition) is 5. The maximum Gasteiger partial charge on any atom is 0.262 e. The van der Waals surface area contributed by atoms with E-state index in [0.717, 1.165) is 24.4 Å². The molecule has 1 aliphatic rings. The lowest BCUT2D eigenvalue weighted by Gasteiger charge is -2.07. The molecule has 1 amide bonds. The van der Waals surface area contributed by atoms with E-state index in [2.05, 4.69) is 10.3 Å². The minimum atomic E-state index is -0.188. The van der Waals surface area contributed by atoms with Gasteiger partial charge in [-0.05, 0) is 31.0 Å². The first-order valence-corrected chi connectivity index (χ1v) is 9.45. The van der Waals surface area contributed by atoms with Crippen LogP contribution >= 0.6 is 11.3 Å². The molecule has 3 aromatic rings. The van der Waals surface area contributed by atoms with Crippen LogP contribution in [0.1, 0.15) is 27.5 Å². The van der Waals surface area contributed by atoms with Gasteiger partial charge < -0.3 is 10.1 Å². The van der Waals surface area contributed by atoms with Crippen molar-refractivity contribution < 1.29 is 9.53 Å². The summed E-state index contributed by atoms with van der Waals surface area (Å²) in [6, 6.07) is 9.46. The first kappa shape index (κ1) is 16.8. The van der Waals surface area contributed by atoms with Crippen LogP contribution in [-0.2, 0) is 13.0 Å². The van der Waals surface area contributed by atoms with E-state index in [1.165, 1.54) is 11.3 Å². The number of aromatic nitrogens is 2. The second kappa shape index (κ2) is 6.92. The fraction of sp³-hybridized carbons (Fsp3) is 0.316.